The SMILES string of the molecule is CCOC(=O)C(C)(CC(C)Sc1ccc(OC)cc1)NC. The van der Waals surface area contributed by atoms with Gasteiger partial charge in [0.2, 0.25) is 0 Å². The predicted molar refractivity (Wildman–Crippen MR) is 87.0 cm³/mol. The normalized spacial score (nSPS) is 15.1. The van der Waals surface area contributed by atoms with Crippen LogP contribution in [0.4, 0.5) is 0 Å². The Morgan fingerprint density at radius 3 is 2.48 bits per heavy atom. The molecule has 1 rings (SSSR count). The maximum absolute atomic E-state index is 12.1. The Kier molecular flexibility index (Phi) is 7.05. The van der Waals surface area contributed by atoms with Gasteiger partial charge < -0.3 is 14.8 Å². The fourth-order valence-corrected chi connectivity index (χ4v) is 3.26. The summed E-state index contributed by atoms with van der Waals surface area (Å²) in [4.78, 5) is 13.2. The first-order chi connectivity index (χ1) is 9.95. The largest absolute Gasteiger partial charge is 0.497 e. The second-order valence-electron chi connectivity index (χ2n) is 5.11. The number of carbonyl (C=O) groups is 1. The standard InChI is InChI=1S/C16H25NO3S/c1-6-20-15(18)16(3,17-4)11-12(2)21-14-9-7-13(19-5)8-10-14/h7-10,12,17H,6,11H2,1-5H3. The number of hydrogen-bond acceptors (Lipinski definition) is 5. The minimum Gasteiger partial charge on any atom is -0.497 e. The van der Waals surface area contributed by atoms with Crippen molar-refractivity contribution in [3.05, 3.63) is 24.3 Å². The average molecular weight is 311 g/mol. The second kappa shape index (κ2) is 8.29. The van der Waals surface area contributed by atoms with E-state index in [0.717, 1.165) is 10.6 Å². The van der Waals surface area contributed by atoms with Crippen molar-refractivity contribution < 1.29 is 14.3 Å². The Bertz CT molecular complexity index is 449. The fourth-order valence-electron chi connectivity index (χ4n) is 2.08. The lowest BCUT2D eigenvalue weighted by Crippen LogP contribution is -2.50. The summed E-state index contributed by atoms with van der Waals surface area (Å²) in [7, 11) is 3.45. The van der Waals surface area contributed by atoms with Gasteiger partial charge in [0.1, 0.15) is 11.3 Å². The van der Waals surface area contributed by atoms with Crippen molar-refractivity contribution in [2.45, 2.75) is 42.9 Å². The van der Waals surface area contributed by atoms with Gasteiger partial charge in [-0.15, -0.1) is 11.8 Å². The van der Waals surface area contributed by atoms with Crippen LogP contribution in [0.25, 0.3) is 0 Å². The molecule has 0 spiro atoms. The first kappa shape index (κ1) is 17.9. The maximum Gasteiger partial charge on any atom is 0.326 e. The van der Waals surface area contributed by atoms with Gasteiger partial charge in [0.05, 0.1) is 13.7 Å². The fraction of sp³-hybridized carbons (Fsp3) is 0.562. The third-order valence-corrected chi connectivity index (χ3v) is 4.48. The summed E-state index contributed by atoms with van der Waals surface area (Å²) >= 11 is 1.74. The predicted octanol–water partition coefficient (Wildman–Crippen LogP) is 3.11. The Balaban J connectivity index is 2.65. The maximum atomic E-state index is 12.1. The molecule has 5 heteroatoms. The molecular weight excluding hydrogens is 286 g/mol. The highest BCUT2D eigenvalue weighted by Gasteiger charge is 2.34. The molecule has 1 aromatic carbocycles. The molecule has 0 aromatic heterocycles. The Labute approximate surface area is 131 Å². The number of rotatable bonds is 8. The van der Waals surface area contributed by atoms with E-state index in [1.54, 1.807) is 25.9 Å². The van der Waals surface area contributed by atoms with E-state index in [2.05, 4.69) is 12.2 Å². The zero-order valence-electron chi connectivity index (χ0n) is 13.4. The minimum atomic E-state index is -0.658. The Morgan fingerprint density at radius 2 is 2.00 bits per heavy atom. The van der Waals surface area contributed by atoms with E-state index < -0.39 is 5.54 Å². The van der Waals surface area contributed by atoms with E-state index in [-0.39, 0.29) is 11.2 Å². The molecule has 0 fully saturated rings. The van der Waals surface area contributed by atoms with Crippen molar-refractivity contribution in [2.75, 3.05) is 20.8 Å². The van der Waals surface area contributed by atoms with Crippen molar-refractivity contribution in [2.24, 2.45) is 0 Å². The number of nitrogens with one attached hydrogen (secondary N) is 1. The second-order valence-corrected chi connectivity index (χ2v) is 6.62. The van der Waals surface area contributed by atoms with E-state index in [1.165, 1.54) is 0 Å². The molecular formula is C16H25NO3S. The lowest BCUT2D eigenvalue weighted by molar-refractivity contribution is -0.150. The molecule has 21 heavy (non-hydrogen) atoms. The lowest BCUT2D eigenvalue weighted by atomic mass is 9.96. The molecule has 1 N–H and O–H groups in total. The number of likely N-dealkylation sites (N-methyl/N-ethyl adjacent to an activating group) is 1. The summed E-state index contributed by atoms with van der Waals surface area (Å²) in [5.41, 5.74) is -0.658. The van der Waals surface area contributed by atoms with Crippen LogP contribution in [-0.2, 0) is 9.53 Å². The van der Waals surface area contributed by atoms with E-state index in [9.17, 15) is 4.79 Å². The first-order valence-electron chi connectivity index (χ1n) is 7.12. The molecule has 0 aliphatic carbocycles. The van der Waals surface area contributed by atoms with Gasteiger partial charge in [-0.25, -0.2) is 0 Å². The summed E-state index contributed by atoms with van der Waals surface area (Å²) in [6.45, 7) is 6.22. The Hall–Kier alpha value is -1.20. The number of benzene rings is 1. The van der Waals surface area contributed by atoms with E-state index in [0.29, 0.717) is 13.0 Å². The van der Waals surface area contributed by atoms with Crippen LogP contribution in [0.1, 0.15) is 27.2 Å². The first-order valence-corrected chi connectivity index (χ1v) is 8.00. The zero-order valence-corrected chi connectivity index (χ0v) is 14.3. The van der Waals surface area contributed by atoms with Crippen molar-refractivity contribution in [1.82, 2.24) is 5.32 Å². The van der Waals surface area contributed by atoms with Gasteiger partial charge in [-0.05, 0) is 51.6 Å². The highest BCUT2D eigenvalue weighted by molar-refractivity contribution is 7.99. The van der Waals surface area contributed by atoms with E-state index in [4.69, 9.17) is 9.47 Å². The van der Waals surface area contributed by atoms with Gasteiger partial charge in [-0.2, -0.15) is 0 Å². The van der Waals surface area contributed by atoms with Gasteiger partial charge in [-0.1, -0.05) is 6.92 Å². The molecule has 0 amide bonds. The van der Waals surface area contributed by atoms with Gasteiger partial charge in [0.25, 0.3) is 0 Å². The topological polar surface area (TPSA) is 47.6 Å². The third-order valence-electron chi connectivity index (χ3n) is 3.37. The van der Waals surface area contributed by atoms with Crippen LogP contribution in [0, 0.1) is 0 Å². The number of thioether (sulfide) groups is 1. The van der Waals surface area contributed by atoms with E-state index >= 15 is 0 Å². The summed E-state index contributed by atoms with van der Waals surface area (Å²) in [5.74, 6) is 0.647. The highest BCUT2D eigenvalue weighted by atomic mass is 32.2. The molecule has 0 saturated carbocycles. The molecule has 4 nitrogen and oxygen atoms in total. The van der Waals surface area contributed by atoms with E-state index in [1.807, 2.05) is 38.1 Å². The van der Waals surface area contributed by atoms with Crippen molar-refractivity contribution >= 4 is 17.7 Å². The average Bonchev–Trinajstić information content (AvgIpc) is 2.48. The molecule has 1 aromatic rings. The third kappa shape index (κ3) is 5.25. The van der Waals surface area contributed by atoms with Crippen molar-refractivity contribution in [1.29, 1.82) is 0 Å². The molecule has 0 heterocycles. The number of hydrogen-bond donors (Lipinski definition) is 1. The van der Waals surface area contributed by atoms with Crippen LogP contribution >= 0.6 is 11.8 Å². The van der Waals surface area contributed by atoms with Crippen LogP contribution in [0.2, 0.25) is 0 Å². The summed E-state index contributed by atoms with van der Waals surface area (Å²) in [6, 6.07) is 7.94. The van der Waals surface area contributed by atoms with Gasteiger partial charge in [-0.3, -0.25) is 4.79 Å². The van der Waals surface area contributed by atoms with Crippen LogP contribution in [0.5, 0.6) is 5.75 Å². The molecule has 0 radical (unpaired) electrons. The quantitative estimate of drug-likeness (QED) is 0.590. The highest BCUT2D eigenvalue weighted by Crippen LogP contribution is 2.30. The number of esters is 1. The summed E-state index contributed by atoms with van der Waals surface area (Å²) in [5, 5.41) is 3.37. The lowest BCUT2D eigenvalue weighted by Gasteiger charge is -2.29. The monoisotopic (exact) mass is 311 g/mol. The van der Waals surface area contributed by atoms with Crippen molar-refractivity contribution in [3.8, 4) is 5.75 Å². The molecule has 0 aliphatic heterocycles. The van der Waals surface area contributed by atoms with Crippen molar-refractivity contribution in [3.63, 3.8) is 0 Å². The molecule has 2 atom stereocenters. The van der Waals surface area contributed by atoms with Gasteiger partial charge in [0, 0.05) is 10.1 Å². The smallest absolute Gasteiger partial charge is 0.326 e. The number of ether oxygens (including phenoxy) is 2. The molecule has 0 aliphatic rings. The zero-order chi connectivity index (χ0) is 15.9. The molecule has 0 saturated heterocycles. The van der Waals surface area contributed by atoms with Gasteiger partial charge in [0.15, 0.2) is 0 Å². The summed E-state index contributed by atoms with van der Waals surface area (Å²) in [6.07, 6.45) is 0.693. The summed E-state index contributed by atoms with van der Waals surface area (Å²) < 4.78 is 10.3. The van der Waals surface area contributed by atoms with Crippen LogP contribution < -0.4 is 10.1 Å². The van der Waals surface area contributed by atoms with Crippen LogP contribution in [0.15, 0.2) is 29.2 Å². The molecule has 0 bridgehead atoms. The molecule has 118 valence electrons. The number of carbonyl (C=O) groups excluding carboxylic acids is 1. The van der Waals surface area contributed by atoms with Gasteiger partial charge >= 0.3 is 5.97 Å². The Morgan fingerprint density at radius 1 is 1.38 bits per heavy atom. The van der Waals surface area contributed by atoms with Crippen LogP contribution in [-0.4, -0.2) is 37.5 Å². The molecule has 2 unspecified atom stereocenters. The number of methoxy groups -OCH3 is 1. The van der Waals surface area contributed by atoms with Crippen LogP contribution in [0.3, 0.4) is 0 Å². The minimum absolute atomic E-state index is 0.199.